The molecule has 9 heteroatoms. The third-order valence-electron chi connectivity index (χ3n) is 6.32. The van der Waals surface area contributed by atoms with E-state index in [0.717, 1.165) is 44.3 Å². The minimum Gasteiger partial charge on any atom is -0.457 e. The number of sulfonamides is 1. The number of amides is 1. The number of hydrogen-bond acceptors (Lipinski definition) is 5. The molecule has 0 atom stereocenters. The van der Waals surface area contributed by atoms with Crippen molar-refractivity contribution in [3.8, 4) is 17.2 Å². The average Bonchev–Trinajstić information content (AvgIpc) is 3.16. The molecule has 0 spiro atoms. The van der Waals surface area contributed by atoms with Gasteiger partial charge in [-0.25, -0.2) is 13.8 Å². The molecule has 0 aliphatic carbocycles. The highest BCUT2D eigenvalue weighted by Crippen LogP contribution is 2.26. The monoisotopic (exact) mass is 544 g/mol. The van der Waals surface area contributed by atoms with E-state index in [1.165, 1.54) is 0 Å². The molecule has 1 N–H and O–H groups in total. The van der Waals surface area contributed by atoms with Gasteiger partial charge < -0.3 is 9.30 Å². The highest BCUT2D eigenvalue weighted by molar-refractivity contribution is 7.92. The number of hydrogen-bond donors (Lipinski definition) is 1. The van der Waals surface area contributed by atoms with Gasteiger partial charge in [-0.05, 0) is 81.3 Å². The topological polar surface area (TPSA) is 93.0 Å². The number of anilines is 1. The fraction of sp³-hybridized carbons (Fsp3) is 0.200. The molecule has 0 aliphatic heterocycles. The average molecular weight is 545 g/mol. The van der Waals surface area contributed by atoms with Crippen LogP contribution in [0.5, 0.6) is 11.5 Å². The zero-order valence-corrected chi connectivity index (χ0v) is 23.5. The van der Waals surface area contributed by atoms with E-state index in [1.54, 1.807) is 30.5 Å². The van der Waals surface area contributed by atoms with Gasteiger partial charge in [0, 0.05) is 17.0 Å². The number of nitrogens with one attached hydrogen (secondary N) is 1. The van der Waals surface area contributed by atoms with Crippen molar-refractivity contribution in [2.75, 3.05) is 17.1 Å². The number of carbonyl (C=O) groups is 1. The van der Waals surface area contributed by atoms with Crippen LogP contribution >= 0.6 is 0 Å². The van der Waals surface area contributed by atoms with Crippen molar-refractivity contribution >= 4 is 27.8 Å². The van der Waals surface area contributed by atoms with Crippen molar-refractivity contribution in [2.45, 2.75) is 27.7 Å². The molecular formula is C30H32N4O4S. The van der Waals surface area contributed by atoms with E-state index in [1.807, 2.05) is 56.3 Å². The standard InChI is InChI=1S/C30H32N4O4S/c1-21-10-9-11-22(2)30(21)34-23(3)18-25(24(34)4)19-31-32-29(35)20-33(39(5,36)37)26-14-16-28(17-15-26)38-27-12-7-6-8-13-27/h6-19H,20H2,1-5H3,(H,32,35)/b31-19+. The maximum absolute atomic E-state index is 12.7. The van der Waals surface area contributed by atoms with E-state index in [9.17, 15) is 13.2 Å². The number of ether oxygens (including phenoxy) is 1. The third kappa shape index (κ3) is 6.56. The van der Waals surface area contributed by atoms with E-state index in [4.69, 9.17) is 4.74 Å². The number of nitrogens with zero attached hydrogens (tertiary/aromatic N) is 3. The second-order valence-corrected chi connectivity index (χ2v) is 11.3. The Morgan fingerprint density at radius 2 is 1.54 bits per heavy atom. The summed E-state index contributed by atoms with van der Waals surface area (Å²) < 4.78 is 33.9. The van der Waals surface area contributed by atoms with Crippen molar-refractivity contribution in [1.82, 2.24) is 9.99 Å². The van der Waals surface area contributed by atoms with Crippen LogP contribution in [0.15, 0.2) is 84.0 Å². The molecule has 0 bridgehead atoms. The van der Waals surface area contributed by atoms with Crippen molar-refractivity contribution in [3.05, 3.63) is 107 Å². The van der Waals surface area contributed by atoms with Crippen LogP contribution in [0.25, 0.3) is 5.69 Å². The molecule has 4 aromatic rings. The first-order valence-corrected chi connectivity index (χ1v) is 14.3. The molecule has 0 fully saturated rings. The molecule has 0 aliphatic rings. The SMILES string of the molecule is Cc1cccc(C)c1-n1c(C)cc(/C=N/NC(=O)CN(c2ccc(Oc3ccccc3)cc2)S(C)(=O)=O)c1C. The summed E-state index contributed by atoms with van der Waals surface area (Å²) in [4.78, 5) is 12.7. The molecular weight excluding hydrogens is 512 g/mol. The number of benzene rings is 3. The van der Waals surface area contributed by atoms with Gasteiger partial charge in [-0.15, -0.1) is 0 Å². The molecule has 0 saturated carbocycles. The zero-order valence-electron chi connectivity index (χ0n) is 22.7. The summed E-state index contributed by atoms with van der Waals surface area (Å²) >= 11 is 0. The molecule has 3 aromatic carbocycles. The zero-order chi connectivity index (χ0) is 28.2. The summed E-state index contributed by atoms with van der Waals surface area (Å²) in [5, 5.41) is 4.11. The molecule has 4 rings (SSSR count). The summed E-state index contributed by atoms with van der Waals surface area (Å²) in [5.74, 6) is 0.646. The minimum atomic E-state index is -3.73. The second-order valence-electron chi connectivity index (χ2n) is 9.37. The Kier molecular flexibility index (Phi) is 8.21. The molecule has 0 unspecified atom stereocenters. The van der Waals surface area contributed by atoms with E-state index < -0.39 is 22.5 Å². The van der Waals surface area contributed by atoms with Crippen LogP contribution in [0.1, 0.15) is 28.1 Å². The van der Waals surface area contributed by atoms with Gasteiger partial charge in [0.1, 0.15) is 18.0 Å². The molecule has 1 aromatic heterocycles. The number of aryl methyl sites for hydroxylation is 3. The first kappa shape index (κ1) is 27.7. The van der Waals surface area contributed by atoms with Crippen molar-refractivity contribution in [2.24, 2.45) is 5.10 Å². The summed E-state index contributed by atoms with van der Waals surface area (Å²) in [7, 11) is -3.73. The maximum Gasteiger partial charge on any atom is 0.260 e. The van der Waals surface area contributed by atoms with Gasteiger partial charge in [0.25, 0.3) is 5.91 Å². The van der Waals surface area contributed by atoms with Crippen molar-refractivity contribution < 1.29 is 17.9 Å². The predicted octanol–water partition coefficient (Wildman–Crippen LogP) is 5.42. The Morgan fingerprint density at radius 3 is 2.15 bits per heavy atom. The van der Waals surface area contributed by atoms with Gasteiger partial charge in [-0.2, -0.15) is 5.10 Å². The Bertz CT molecular complexity index is 1590. The quantitative estimate of drug-likeness (QED) is 0.225. The first-order chi connectivity index (χ1) is 18.5. The second kappa shape index (κ2) is 11.6. The van der Waals surface area contributed by atoms with Crippen molar-refractivity contribution in [3.63, 3.8) is 0 Å². The fourth-order valence-corrected chi connectivity index (χ4v) is 5.32. The summed E-state index contributed by atoms with van der Waals surface area (Å²) in [6.45, 7) is 7.75. The molecule has 202 valence electrons. The Morgan fingerprint density at radius 1 is 0.923 bits per heavy atom. The van der Waals surface area contributed by atoms with E-state index in [-0.39, 0.29) is 0 Å². The number of aromatic nitrogens is 1. The Balaban J connectivity index is 1.45. The first-order valence-electron chi connectivity index (χ1n) is 12.4. The van der Waals surface area contributed by atoms with Gasteiger partial charge in [0.2, 0.25) is 10.0 Å². The number of para-hydroxylation sites is 2. The third-order valence-corrected chi connectivity index (χ3v) is 7.46. The van der Waals surface area contributed by atoms with E-state index in [0.29, 0.717) is 17.2 Å². The fourth-order valence-electron chi connectivity index (χ4n) is 4.47. The lowest BCUT2D eigenvalue weighted by atomic mass is 10.1. The summed E-state index contributed by atoms with van der Waals surface area (Å²) in [6, 6.07) is 23.9. The largest absolute Gasteiger partial charge is 0.457 e. The smallest absolute Gasteiger partial charge is 0.260 e. The van der Waals surface area contributed by atoms with E-state index in [2.05, 4.69) is 41.1 Å². The van der Waals surface area contributed by atoms with Gasteiger partial charge in [-0.1, -0.05) is 36.4 Å². The molecule has 8 nitrogen and oxygen atoms in total. The van der Waals surface area contributed by atoms with Gasteiger partial charge in [-0.3, -0.25) is 9.10 Å². The maximum atomic E-state index is 12.7. The Labute approximate surface area is 229 Å². The lowest BCUT2D eigenvalue weighted by Crippen LogP contribution is -2.39. The summed E-state index contributed by atoms with van der Waals surface area (Å²) in [5.41, 5.74) is 9.12. The normalized spacial score (nSPS) is 11.5. The highest BCUT2D eigenvalue weighted by Gasteiger charge is 2.21. The van der Waals surface area contributed by atoms with Gasteiger partial charge >= 0.3 is 0 Å². The molecule has 1 amide bonds. The van der Waals surface area contributed by atoms with Crippen LogP contribution in [0.4, 0.5) is 5.69 Å². The van der Waals surface area contributed by atoms with Gasteiger partial charge in [0.15, 0.2) is 0 Å². The minimum absolute atomic E-state index is 0.342. The number of carbonyl (C=O) groups excluding carboxylic acids is 1. The van der Waals surface area contributed by atoms with Crippen LogP contribution in [0.2, 0.25) is 0 Å². The number of hydrazone groups is 1. The molecule has 0 radical (unpaired) electrons. The molecule has 0 saturated heterocycles. The van der Waals surface area contributed by atoms with Crippen LogP contribution in [0.3, 0.4) is 0 Å². The van der Waals surface area contributed by atoms with Gasteiger partial charge in [0.05, 0.1) is 23.8 Å². The van der Waals surface area contributed by atoms with Crippen LogP contribution in [-0.4, -0.2) is 37.9 Å². The predicted molar refractivity (Wildman–Crippen MR) is 156 cm³/mol. The highest BCUT2D eigenvalue weighted by atomic mass is 32.2. The number of rotatable bonds is 9. The molecule has 39 heavy (non-hydrogen) atoms. The van der Waals surface area contributed by atoms with Crippen LogP contribution < -0.4 is 14.5 Å². The van der Waals surface area contributed by atoms with Crippen molar-refractivity contribution in [1.29, 1.82) is 0 Å². The Hall–Kier alpha value is -4.37. The van der Waals surface area contributed by atoms with E-state index >= 15 is 0 Å². The van der Waals surface area contributed by atoms with Crippen LogP contribution in [-0.2, 0) is 14.8 Å². The lowest BCUT2D eigenvalue weighted by molar-refractivity contribution is -0.119. The summed E-state index contributed by atoms with van der Waals surface area (Å²) in [6.07, 6.45) is 2.63. The molecule has 1 heterocycles. The lowest BCUT2D eigenvalue weighted by Gasteiger charge is -2.21. The van der Waals surface area contributed by atoms with Crippen LogP contribution in [0, 0.1) is 27.7 Å².